The molecule has 1 saturated heterocycles. The smallest absolute Gasteiger partial charge is 0.252 e. The zero-order valence-corrected chi connectivity index (χ0v) is 18.7. The molecule has 168 valence electrons. The van der Waals surface area contributed by atoms with E-state index in [0.717, 1.165) is 51.3 Å². The lowest BCUT2D eigenvalue weighted by Crippen LogP contribution is -2.46. The van der Waals surface area contributed by atoms with Crippen molar-refractivity contribution < 1.29 is 14.3 Å². The van der Waals surface area contributed by atoms with Gasteiger partial charge in [-0.25, -0.2) is 0 Å². The minimum absolute atomic E-state index is 0.0844. The van der Waals surface area contributed by atoms with Crippen LogP contribution in [0.5, 0.6) is 5.75 Å². The number of ether oxygens (including phenoxy) is 2. The number of carbonyl (C=O) groups excluding carboxylic acids is 1. The molecular formula is C26H31N3O3. The number of piperazine rings is 1. The van der Waals surface area contributed by atoms with Crippen LogP contribution in [0.1, 0.15) is 34.0 Å². The Morgan fingerprint density at radius 3 is 2.69 bits per heavy atom. The second-order valence-corrected chi connectivity index (χ2v) is 8.23. The van der Waals surface area contributed by atoms with E-state index >= 15 is 0 Å². The van der Waals surface area contributed by atoms with E-state index < -0.39 is 0 Å². The normalized spacial score (nSPS) is 18.5. The minimum atomic E-state index is -0.122. The highest BCUT2D eigenvalue weighted by Crippen LogP contribution is 2.31. The van der Waals surface area contributed by atoms with Gasteiger partial charge in [0.25, 0.3) is 5.91 Å². The van der Waals surface area contributed by atoms with Gasteiger partial charge in [0.1, 0.15) is 5.75 Å². The average Bonchev–Trinajstić information content (AvgIpc) is 2.86. The number of carbonyl (C=O) groups is 1. The molecule has 1 N–H and O–H groups in total. The second kappa shape index (κ2) is 10.5. The number of terminal acetylenes is 1. The molecule has 2 aliphatic rings. The van der Waals surface area contributed by atoms with E-state index in [0.29, 0.717) is 12.2 Å². The zero-order valence-electron chi connectivity index (χ0n) is 18.7. The molecule has 0 spiro atoms. The molecule has 0 bridgehead atoms. The molecule has 2 aromatic carbocycles. The van der Waals surface area contributed by atoms with Crippen molar-refractivity contribution >= 4 is 11.6 Å². The number of benzene rings is 2. The first-order valence-electron chi connectivity index (χ1n) is 11.3. The summed E-state index contributed by atoms with van der Waals surface area (Å²) in [6.07, 6.45) is 7.11. The number of hydrogen-bond acceptors (Lipinski definition) is 5. The van der Waals surface area contributed by atoms with Crippen molar-refractivity contribution in [2.75, 3.05) is 57.9 Å². The molecule has 0 aliphatic carbocycles. The first-order chi connectivity index (χ1) is 15.7. The van der Waals surface area contributed by atoms with Gasteiger partial charge in [0.2, 0.25) is 0 Å². The van der Waals surface area contributed by atoms with Gasteiger partial charge in [-0.15, -0.1) is 6.42 Å². The molecule has 1 atom stereocenters. The maximum absolute atomic E-state index is 12.2. The fourth-order valence-corrected chi connectivity index (χ4v) is 4.47. The fourth-order valence-electron chi connectivity index (χ4n) is 4.47. The summed E-state index contributed by atoms with van der Waals surface area (Å²) < 4.78 is 11.4. The van der Waals surface area contributed by atoms with Crippen molar-refractivity contribution in [2.45, 2.75) is 18.9 Å². The van der Waals surface area contributed by atoms with Crippen LogP contribution in [-0.4, -0.2) is 63.8 Å². The maximum Gasteiger partial charge on any atom is 0.252 e. The Labute approximate surface area is 190 Å². The number of fused-ring (bicyclic) bond motifs is 1. The number of methoxy groups -OCH3 is 1. The van der Waals surface area contributed by atoms with Crippen LogP contribution >= 0.6 is 0 Å². The largest absolute Gasteiger partial charge is 0.497 e. The van der Waals surface area contributed by atoms with E-state index in [-0.39, 0.29) is 18.6 Å². The number of nitrogens with one attached hydrogen (secondary N) is 1. The van der Waals surface area contributed by atoms with Gasteiger partial charge in [0.05, 0.1) is 26.4 Å². The van der Waals surface area contributed by atoms with Crippen molar-refractivity contribution in [3.05, 3.63) is 59.2 Å². The van der Waals surface area contributed by atoms with E-state index in [2.05, 4.69) is 33.2 Å². The summed E-state index contributed by atoms with van der Waals surface area (Å²) in [4.78, 5) is 17.1. The summed E-state index contributed by atoms with van der Waals surface area (Å²) in [5.74, 6) is 3.21. The highest BCUT2D eigenvalue weighted by atomic mass is 16.5. The lowest BCUT2D eigenvalue weighted by molar-refractivity contribution is 0.0288. The molecule has 2 aliphatic heterocycles. The third-order valence-electron chi connectivity index (χ3n) is 6.31. The summed E-state index contributed by atoms with van der Waals surface area (Å²) in [7, 11) is 1.69. The maximum atomic E-state index is 12.2. The van der Waals surface area contributed by atoms with E-state index in [9.17, 15) is 4.79 Å². The molecule has 1 amide bonds. The molecule has 2 heterocycles. The molecular weight excluding hydrogens is 402 g/mol. The Morgan fingerprint density at radius 1 is 1.19 bits per heavy atom. The van der Waals surface area contributed by atoms with Crippen LogP contribution in [0.25, 0.3) is 0 Å². The van der Waals surface area contributed by atoms with Crippen molar-refractivity contribution in [1.29, 1.82) is 0 Å². The SMILES string of the molecule is C#CCNC(=O)c1ccc2c(c1)CCOC2CCN1CCN(c2ccc(OC)cc2)CC1. The topological polar surface area (TPSA) is 54.0 Å². The summed E-state index contributed by atoms with van der Waals surface area (Å²) in [6, 6.07) is 14.2. The van der Waals surface area contributed by atoms with E-state index in [4.69, 9.17) is 15.9 Å². The number of rotatable bonds is 7. The Morgan fingerprint density at radius 2 is 1.97 bits per heavy atom. The van der Waals surface area contributed by atoms with Crippen LogP contribution in [0.2, 0.25) is 0 Å². The van der Waals surface area contributed by atoms with Gasteiger partial charge < -0.3 is 19.7 Å². The number of nitrogens with zero attached hydrogens (tertiary/aromatic N) is 2. The fraction of sp³-hybridized carbons (Fsp3) is 0.423. The van der Waals surface area contributed by atoms with Crippen molar-refractivity contribution in [2.24, 2.45) is 0 Å². The molecule has 0 radical (unpaired) electrons. The standard InChI is InChI=1S/C26H31N3O3/c1-3-12-27-26(30)21-4-9-24-20(19-21)11-18-32-25(24)10-13-28-14-16-29(17-15-28)22-5-7-23(31-2)8-6-22/h1,4-9,19,25H,10-18H2,2H3,(H,27,30). The van der Waals surface area contributed by atoms with Gasteiger partial charge in [0.15, 0.2) is 0 Å². The van der Waals surface area contributed by atoms with E-state index in [1.165, 1.54) is 16.8 Å². The number of anilines is 1. The number of amides is 1. The van der Waals surface area contributed by atoms with Crippen molar-refractivity contribution in [3.63, 3.8) is 0 Å². The van der Waals surface area contributed by atoms with Gasteiger partial charge in [0, 0.05) is 44.0 Å². The molecule has 1 unspecified atom stereocenters. The van der Waals surface area contributed by atoms with Gasteiger partial charge in [-0.1, -0.05) is 12.0 Å². The van der Waals surface area contributed by atoms with Crippen molar-refractivity contribution in [3.8, 4) is 18.1 Å². The summed E-state index contributed by atoms with van der Waals surface area (Å²) in [5, 5.41) is 2.73. The van der Waals surface area contributed by atoms with Crippen LogP contribution < -0.4 is 15.0 Å². The molecule has 4 rings (SSSR count). The molecule has 32 heavy (non-hydrogen) atoms. The number of hydrogen-bond donors (Lipinski definition) is 1. The highest BCUT2D eigenvalue weighted by molar-refractivity contribution is 5.94. The predicted octanol–water partition coefficient (Wildman–Crippen LogP) is 2.88. The highest BCUT2D eigenvalue weighted by Gasteiger charge is 2.24. The zero-order chi connectivity index (χ0) is 22.3. The van der Waals surface area contributed by atoms with Gasteiger partial charge in [-0.2, -0.15) is 0 Å². The van der Waals surface area contributed by atoms with Gasteiger partial charge in [-0.3, -0.25) is 9.69 Å². The quantitative estimate of drug-likeness (QED) is 0.681. The second-order valence-electron chi connectivity index (χ2n) is 8.23. The summed E-state index contributed by atoms with van der Waals surface area (Å²) >= 11 is 0. The van der Waals surface area contributed by atoms with Crippen LogP contribution in [0.15, 0.2) is 42.5 Å². The summed E-state index contributed by atoms with van der Waals surface area (Å²) in [5.41, 5.74) is 4.33. The average molecular weight is 434 g/mol. The van der Waals surface area contributed by atoms with Crippen LogP contribution in [0.4, 0.5) is 5.69 Å². The Hall–Kier alpha value is -3.01. The lowest BCUT2D eigenvalue weighted by atomic mass is 9.93. The third kappa shape index (κ3) is 5.24. The Balaban J connectivity index is 1.29. The van der Waals surface area contributed by atoms with Crippen LogP contribution in [0, 0.1) is 12.3 Å². The van der Waals surface area contributed by atoms with Gasteiger partial charge in [-0.05, 0) is 60.4 Å². The monoisotopic (exact) mass is 433 g/mol. The minimum Gasteiger partial charge on any atom is -0.497 e. The Kier molecular flexibility index (Phi) is 7.31. The van der Waals surface area contributed by atoms with E-state index in [1.54, 1.807) is 7.11 Å². The van der Waals surface area contributed by atoms with Gasteiger partial charge >= 0.3 is 0 Å². The van der Waals surface area contributed by atoms with Crippen LogP contribution in [-0.2, 0) is 11.2 Å². The Bertz CT molecular complexity index is 959. The first kappa shape index (κ1) is 22.2. The third-order valence-corrected chi connectivity index (χ3v) is 6.31. The molecule has 0 aromatic heterocycles. The van der Waals surface area contributed by atoms with E-state index in [1.807, 2.05) is 30.3 Å². The summed E-state index contributed by atoms with van der Waals surface area (Å²) in [6.45, 7) is 6.06. The lowest BCUT2D eigenvalue weighted by Gasteiger charge is -2.37. The molecule has 1 fully saturated rings. The van der Waals surface area contributed by atoms with Crippen molar-refractivity contribution in [1.82, 2.24) is 10.2 Å². The molecule has 0 saturated carbocycles. The predicted molar refractivity (Wildman–Crippen MR) is 126 cm³/mol. The van der Waals surface area contributed by atoms with Crippen LogP contribution in [0.3, 0.4) is 0 Å². The molecule has 6 nitrogen and oxygen atoms in total. The molecule has 2 aromatic rings. The first-order valence-corrected chi connectivity index (χ1v) is 11.3. The molecule has 6 heteroatoms.